The Kier molecular flexibility index (Phi) is 7.11. The summed E-state index contributed by atoms with van der Waals surface area (Å²) >= 11 is 5.76. The van der Waals surface area contributed by atoms with E-state index >= 15 is 0 Å². The Labute approximate surface area is 111 Å². The monoisotopic (exact) mass is 280 g/mol. The van der Waals surface area contributed by atoms with Crippen molar-refractivity contribution in [2.45, 2.75) is 13.0 Å². The van der Waals surface area contributed by atoms with Crippen LogP contribution in [0, 0.1) is 5.82 Å². The average Bonchev–Trinajstić information content (AvgIpc) is 2.25. The fourth-order valence-corrected chi connectivity index (χ4v) is 1.37. The van der Waals surface area contributed by atoms with Gasteiger partial charge in [0.15, 0.2) is 0 Å². The van der Waals surface area contributed by atoms with Crippen LogP contribution in [0.25, 0.3) is 0 Å². The van der Waals surface area contributed by atoms with Crippen molar-refractivity contribution in [1.29, 1.82) is 0 Å². The highest BCUT2D eigenvalue weighted by atomic mass is 35.5. The van der Waals surface area contributed by atoms with Gasteiger partial charge in [-0.1, -0.05) is 11.6 Å². The number of carbonyl (C=O) groups is 1. The van der Waals surface area contributed by atoms with Crippen LogP contribution in [0.2, 0.25) is 5.02 Å². The molecule has 96 valence electrons. The zero-order valence-corrected chi connectivity index (χ0v) is 11.2. The summed E-state index contributed by atoms with van der Waals surface area (Å²) in [5.74, 6) is -0.753. The van der Waals surface area contributed by atoms with Gasteiger partial charge in [0.2, 0.25) is 0 Å². The summed E-state index contributed by atoms with van der Waals surface area (Å²) in [6.45, 7) is 2.43. The molecule has 3 nitrogen and oxygen atoms in total. The standard InChI is InChI=1S/C11H14ClFN2O.ClH/c1-7(14-2)6-15-11(16)9-4-3-8(13)5-10(9)12;/h3-5,7,14H,6H2,1-2H3,(H,15,16);1H. The van der Waals surface area contributed by atoms with Crippen LogP contribution in [-0.4, -0.2) is 25.5 Å². The Morgan fingerprint density at radius 1 is 1.53 bits per heavy atom. The van der Waals surface area contributed by atoms with E-state index in [9.17, 15) is 9.18 Å². The molecule has 2 N–H and O–H groups in total. The van der Waals surface area contributed by atoms with Crippen molar-refractivity contribution in [2.24, 2.45) is 0 Å². The van der Waals surface area contributed by atoms with Crippen LogP contribution in [0.15, 0.2) is 18.2 Å². The van der Waals surface area contributed by atoms with E-state index in [1.54, 1.807) is 0 Å². The largest absolute Gasteiger partial charge is 0.350 e. The van der Waals surface area contributed by atoms with Crippen LogP contribution >= 0.6 is 24.0 Å². The van der Waals surface area contributed by atoms with Crippen LogP contribution in [0.5, 0.6) is 0 Å². The number of amides is 1. The van der Waals surface area contributed by atoms with E-state index in [-0.39, 0.29) is 34.9 Å². The van der Waals surface area contributed by atoms with Gasteiger partial charge in [0.1, 0.15) is 5.82 Å². The number of hydrogen-bond donors (Lipinski definition) is 2. The molecule has 0 saturated carbocycles. The summed E-state index contributed by atoms with van der Waals surface area (Å²) in [5, 5.41) is 5.81. The first-order valence-corrected chi connectivity index (χ1v) is 5.33. The summed E-state index contributed by atoms with van der Waals surface area (Å²) in [7, 11) is 1.81. The number of nitrogens with one attached hydrogen (secondary N) is 2. The van der Waals surface area contributed by atoms with Gasteiger partial charge < -0.3 is 10.6 Å². The van der Waals surface area contributed by atoms with Crippen molar-refractivity contribution in [2.75, 3.05) is 13.6 Å². The highest BCUT2D eigenvalue weighted by Gasteiger charge is 2.11. The molecule has 1 unspecified atom stereocenters. The minimum absolute atomic E-state index is 0. The fraction of sp³-hybridized carbons (Fsp3) is 0.364. The predicted molar refractivity (Wildman–Crippen MR) is 69.5 cm³/mol. The van der Waals surface area contributed by atoms with Crippen LogP contribution in [0.3, 0.4) is 0 Å². The third-order valence-electron chi connectivity index (χ3n) is 2.24. The van der Waals surface area contributed by atoms with Crippen LogP contribution in [-0.2, 0) is 0 Å². The van der Waals surface area contributed by atoms with Gasteiger partial charge in [-0.3, -0.25) is 4.79 Å². The third-order valence-corrected chi connectivity index (χ3v) is 2.55. The van der Waals surface area contributed by atoms with Crippen molar-refractivity contribution in [3.63, 3.8) is 0 Å². The fourth-order valence-electron chi connectivity index (χ4n) is 1.12. The first-order valence-electron chi connectivity index (χ1n) is 4.95. The Morgan fingerprint density at radius 2 is 2.18 bits per heavy atom. The molecule has 0 spiro atoms. The lowest BCUT2D eigenvalue weighted by Crippen LogP contribution is -2.37. The molecule has 0 heterocycles. The molecule has 1 aromatic rings. The quantitative estimate of drug-likeness (QED) is 0.888. The lowest BCUT2D eigenvalue weighted by atomic mass is 10.2. The first kappa shape index (κ1) is 16.2. The molecule has 0 aliphatic carbocycles. The van der Waals surface area contributed by atoms with Gasteiger partial charge in [0, 0.05) is 12.6 Å². The van der Waals surface area contributed by atoms with Crippen molar-refractivity contribution in [3.8, 4) is 0 Å². The van der Waals surface area contributed by atoms with Crippen molar-refractivity contribution in [1.82, 2.24) is 10.6 Å². The van der Waals surface area contributed by atoms with Crippen LogP contribution in [0.4, 0.5) is 4.39 Å². The van der Waals surface area contributed by atoms with E-state index in [1.165, 1.54) is 12.1 Å². The molecular formula is C11H15Cl2FN2O. The van der Waals surface area contributed by atoms with Gasteiger partial charge in [-0.15, -0.1) is 12.4 Å². The molecule has 1 atom stereocenters. The van der Waals surface area contributed by atoms with Gasteiger partial charge in [-0.25, -0.2) is 4.39 Å². The second-order valence-electron chi connectivity index (χ2n) is 3.52. The SMILES string of the molecule is CNC(C)CNC(=O)c1ccc(F)cc1Cl.Cl. The Hall–Kier alpha value is -0.840. The highest BCUT2D eigenvalue weighted by Crippen LogP contribution is 2.16. The molecule has 1 amide bonds. The maximum absolute atomic E-state index is 12.8. The van der Waals surface area contributed by atoms with Gasteiger partial charge in [-0.2, -0.15) is 0 Å². The number of benzene rings is 1. The minimum Gasteiger partial charge on any atom is -0.350 e. The van der Waals surface area contributed by atoms with Crippen LogP contribution in [0.1, 0.15) is 17.3 Å². The smallest absolute Gasteiger partial charge is 0.252 e. The molecule has 0 fully saturated rings. The first-order chi connectivity index (χ1) is 7.54. The van der Waals surface area contributed by atoms with E-state index in [4.69, 9.17) is 11.6 Å². The van der Waals surface area contributed by atoms with Gasteiger partial charge >= 0.3 is 0 Å². The van der Waals surface area contributed by atoms with Gasteiger partial charge in [0.25, 0.3) is 5.91 Å². The Bertz CT molecular complexity index is 388. The third kappa shape index (κ3) is 4.89. The maximum Gasteiger partial charge on any atom is 0.252 e. The topological polar surface area (TPSA) is 41.1 Å². The molecule has 0 aliphatic heterocycles. The predicted octanol–water partition coefficient (Wildman–Crippen LogP) is 2.24. The highest BCUT2D eigenvalue weighted by molar-refractivity contribution is 6.33. The minimum atomic E-state index is -0.454. The van der Waals surface area contributed by atoms with Crippen molar-refractivity contribution < 1.29 is 9.18 Å². The summed E-state index contributed by atoms with van der Waals surface area (Å²) in [4.78, 5) is 11.7. The number of likely N-dealkylation sites (N-methyl/N-ethyl adjacent to an activating group) is 1. The second kappa shape index (κ2) is 7.48. The van der Waals surface area contributed by atoms with E-state index < -0.39 is 5.82 Å². The average molecular weight is 281 g/mol. The Balaban J connectivity index is 0.00000256. The van der Waals surface area contributed by atoms with Crippen molar-refractivity contribution >= 4 is 29.9 Å². The van der Waals surface area contributed by atoms with E-state index in [1.807, 2.05) is 14.0 Å². The van der Waals surface area contributed by atoms with E-state index in [0.29, 0.717) is 6.54 Å². The zero-order valence-electron chi connectivity index (χ0n) is 9.59. The molecule has 6 heteroatoms. The summed E-state index contributed by atoms with van der Waals surface area (Å²) < 4.78 is 12.8. The molecule has 0 saturated heterocycles. The molecule has 17 heavy (non-hydrogen) atoms. The molecule has 0 radical (unpaired) electrons. The van der Waals surface area contributed by atoms with E-state index in [0.717, 1.165) is 6.07 Å². The normalized spacial score (nSPS) is 11.5. The molecule has 1 rings (SSSR count). The summed E-state index contributed by atoms with van der Waals surface area (Å²) in [6, 6.07) is 3.88. The molecule has 1 aromatic carbocycles. The van der Waals surface area contributed by atoms with Crippen molar-refractivity contribution in [3.05, 3.63) is 34.6 Å². The number of hydrogen-bond acceptors (Lipinski definition) is 2. The summed E-state index contributed by atoms with van der Waals surface area (Å²) in [6.07, 6.45) is 0. The zero-order chi connectivity index (χ0) is 12.1. The molecule has 0 aromatic heterocycles. The number of carbonyl (C=O) groups excluding carboxylic acids is 1. The number of rotatable bonds is 4. The van der Waals surface area contributed by atoms with Gasteiger partial charge in [0.05, 0.1) is 10.6 Å². The second-order valence-corrected chi connectivity index (χ2v) is 3.93. The molecule has 0 bridgehead atoms. The lowest BCUT2D eigenvalue weighted by molar-refractivity contribution is 0.0950. The molecule has 0 aliphatic rings. The molecular weight excluding hydrogens is 266 g/mol. The van der Waals surface area contributed by atoms with Gasteiger partial charge in [-0.05, 0) is 32.2 Å². The maximum atomic E-state index is 12.8. The van der Waals surface area contributed by atoms with E-state index in [2.05, 4.69) is 10.6 Å². The Morgan fingerprint density at radius 3 is 2.71 bits per heavy atom. The van der Waals surface area contributed by atoms with Crippen LogP contribution < -0.4 is 10.6 Å². The number of halogens is 3. The summed E-state index contributed by atoms with van der Waals surface area (Å²) in [5.41, 5.74) is 0.284. The lowest BCUT2D eigenvalue weighted by Gasteiger charge is -2.11.